The Morgan fingerprint density at radius 1 is 1.00 bits per heavy atom. The smallest absolute Gasteiger partial charge is 0.319 e. The number of amides is 2. The third kappa shape index (κ3) is 5.57. The standard InChI is InChI=1S/C21H18N4O3S/c1-2-16-5-7-19(8-6-16)25-29(27,28)20-11-9-18(10-12-20)24-21(26)23-15-17-4-3-13-22-14-17/h1,3-14,25H,15H2,(H2,23,24,26). The van der Waals surface area contributed by atoms with Crippen molar-refractivity contribution >= 4 is 27.4 Å². The number of benzene rings is 2. The minimum Gasteiger partial charge on any atom is -0.334 e. The zero-order chi connectivity index (χ0) is 20.7. The Bertz CT molecular complexity index is 1120. The summed E-state index contributed by atoms with van der Waals surface area (Å²) in [6, 6.07) is 15.6. The van der Waals surface area contributed by atoms with Gasteiger partial charge in [-0.3, -0.25) is 9.71 Å². The summed E-state index contributed by atoms with van der Waals surface area (Å²) in [5.41, 5.74) is 2.39. The third-order valence-corrected chi connectivity index (χ3v) is 5.30. The first-order valence-corrected chi connectivity index (χ1v) is 10.1. The molecule has 3 N–H and O–H groups in total. The second-order valence-corrected chi connectivity index (χ2v) is 7.70. The Balaban J connectivity index is 1.59. The van der Waals surface area contributed by atoms with E-state index in [-0.39, 0.29) is 4.90 Å². The number of rotatable bonds is 6. The van der Waals surface area contributed by atoms with Crippen LogP contribution in [0.25, 0.3) is 0 Å². The van der Waals surface area contributed by atoms with Crippen LogP contribution in [-0.2, 0) is 16.6 Å². The lowest BCUT2D eigenvalue weighted by Crippen LogP contribution is -2.28. The number of urea groups is 1. The molecule has 0 aliphatic heterocycles. The van der Waals surface area contributed by atoms with E-state index >= 15 is 0 Å². The van der Waals surface area contributed by atoms with Crippen LogP contribution >= 0.6 is 0 Å². The van der Waals surface area contributed by atoms with E-state index in [0.29, 0.717) is 23.5 Å². The molecule has 0 atom stereocenters. The van der Waals surface area contributed by atoms with Crippen molar-refractivity contribution in [3.05, 3.63) is 84.2 Å². The molecular weight excluding hydrogens is 388 g/mol. The fourth-order valence-electron chi connectivity index (χ4n) is 2.43. The van der Waals surface area contributed by atoms with Crippen molar-refractivity contribution in [1.82, 2.24) is 10.3 Å². The second-order valence-electron chi connectivity index (χ2n) is 6.02. The van der Waals surface area contributed by atoms with E-state index in [1.165, 1.54) is 24.3 Å². The van der Waals surface area contributed by atoms with Crippen LogP contribution in [0.15, 0.2) is 78.0 Å². The first-order valence-electron chi connectivity index (χ1n) is 8.59. The second kappa shape index (κ2) is 8.91. The maximum absolute atomic E-state index is 12.5. The molecular formula is C21H18N4O3S. The number of carbonyl (C=O) groups is 1. The summed E-state index contributed by atoms with van der Waals surface area (Å²) in [4.78, 5) is 16.0. The topological polar surface area (TPSA) is 100 Å². The third-order valence-electron chi connectivity index (χ3n) is 3.90. The van der Waals surface area contributed by atoms with Gasteiger partial charge in [-0.15, -0.1) is 6.42 Å². The van der Waals surface area contributed by atoms with Crippen LogP contribution < -0.4 is 15.4 Å². The molecule has 2 amide bonds. The van der Waals surface area contributed by atoms with Crippen LogP contribution in [-0.4, -0.2) is 19.4 Å². The van der Waals surface area contributed by atoms with Gasteiger partial charge in [0.1, 0.15) is 0 Å². The molecule has 0 aliphatic rings. The minimum atomic E-state index is -3.76. The van der Waals surface area contributed by atoms with Crippen LogP contribution in [0.3, 0.4) is 0 Å². The molecule has 0 saturated carbocycles. The lowest BCUT2D eigenvalue weighted by Gasteiger charge is -2.10. The van der Waals surface area contributed by atoms with E-state index in [9.17, 15) is 13.2 Å². The molecule has 2 aromatic carbocycles. The van der Waals surface area contributed by atoms with Gasteiger partial charge in [-0.2, -0.15) is 0 Å². The lowest BCUT2D eigenvalue weighted by atomic mass is 10.2. The summed E-state index contributed by atoms with van der Waals surface area (Å²) < 4.78 is 27.5. The number of hydrogen-bond acceptors (Lipinski definition) is 4. The number of hydrogen-bond donors (Lipinski definition) is 3. The largest absolute Gasteiger partial charge is 0.334 e. The molecule has 0 bridgehead atoms. The molecule has 7 nitrogen and oxygen atoms in total. The zero-order valence-electron chi connectivity index (χ0n) is 15.3. The number of sulfonamides is 1. The highest BCUT2D eigenvalue weighted by atomic mass is 32.2. The summed E-state index contributed by atoms with van der Waals surface area (Å²) in [5, 5.41) is 5.35. The fourth-order valence-corrected chi connectivity index (χ4v) is 3.48. The van der Waals surface area contributed by atoms with Gasteiger partial charge in [-0.1, -0.05) is 12.0 Å². The number of carbonyl (C=O) groups excluding carboxylic acids is 1. The molecule has 0 radical (unpaired) electrons. The number of aromatic nitrogens is 1. The molecule has 1 aromatic heterocycles. The van der Waals surface area contributed by atoms with Gasteiger partial charge in [0.15, 0.2) is 0 Å². The summed E-state index contributed by atoms with van der Waals surface area (Å²) >= 11 is 0. The first-order chi connectivity index (χ1) is 14.0. The maximum Gasteiger partial charge on any atom is 0.319 e. The SMILES string of the molecule is C#Cc1ccc(NS(=O)(=O)c2ccc(NC(=O)NCc3cccnc3)cc2)cc1. The molecule has 0 spiro atoms. The van der Waals surface area contributed by atoms with Crippen LogP contribution in [0.5, 0.6) is 0 Å². The highest BCUT2D eigenvalue weighted by Gasteiger charge is 2.14. The maximum atomic E-state index is 12.5. The molecule has 29 heavy (non-hydrogen) atoms. The minimum absolute atomic E-state index is 0.0693. The first kappa shape index (κ1) is 19.9. The lowest BCUT2D eigenvalue weighted by molar-refractivity contribution is 0.251. The van der Waals surface area contributed by atoms with E-state index in [0.717, 1.165) is 5.56 Å². The van der Waals surface area contributed by atoms with Crippen LogP contribution in [0, 0.1) is 12.3 Å². The average molecular weight is 406 g/mol. The van der Waals surface area contributed by atoms with Gasteiger partial charge in [0.2, 0.25) is 0 Å². The number of nitrogens with one attached hydrogen (secondary N) is 3. The highest BCUT2D eigenvalue weighted by molar-refractivity contribution is 7.92. The van der Waals surface area contributed by atoms with Crippen molar-refractivity contribution < 1.29 is 13.2 Å². The van der Waals surface area contributed by atoms with Crippen molar-refractivity contribution in [2.75, 3.05) is 10.0 Å². The summed E-state index contributed by atoms with van der Waals surface area (Å²) in [6.45, 7) is 0.328. The van der Waals surface area contributed by atoms with Crippen molar-refractivity contribution in [2.24, 2.45) is 0 Å². The summed E-state index contributed by atoms with van der Waals surface area (Å²) in [7, 11) is -3.76. The predicted octanol–water partition coefficient (Wildman–Crippen LogP) is 3.19. The van der Waals surface area contributed by atoms with Gasteiger partial charge in [0, 0.05) is 35.9 Å². The molecule has 8 heteroatoms. The predicted molar refractivity (Wildman–Crippen MR) is 112 cm³/mol. The number of nitrogens with zero attached hydrogens (tertiary/aromatic N) is 1. The summed E-state index contributed by atoms with van der Waals surface area (Å²) in [5.74, 6) is 2.47. The molecule has 0 saturated heterocycles. The molecule has 3 rings (SSSR count). The van der Waals surface area contributed by atoms with E-state index in [4.69, 9.17) is 6.42 Å². The quantitative estimate of drug-likeness (QED) is 0.547. The number of pyridine rings is 1. The number of terminal acetylenes is 1. The van der Waals surface area contributed by atoms with Gasteiger partial charge < -0.3 is 10.6 Å². The van der Waals surface area contributed by atoms with Crippen molar-refractivity contribution in [3.63, 3.8) is 0 Å². The van der Waals surface area contributed by atoms with Crippen LogP contribution in [0.1, 0.15) is 11.1 Å². The Labute approximate surface area is 169 Å². The van der Waals surface area contributed by atoms with Crippen molar-refractivity contribution in [2.45, 2.75) is 11.4 Å². The Kier molecular flexibility index (Phi) is 6.12. The van der Waals surface area contributed by atoms with Gasteiger partial charge in [-0.05, 0) is 60.2 Å². The Morgan fingerprint density at radius 2 is 1.69 bits per heavy atom. The van der Waals surface area contributed by atoms with Crippen molar-refractivity contribution in [3.8, 4) is 12.3 Å². The van der Waals surface area contributed by atoms with E-state index in [2.05, 4.69) is 26.3 Å². The number of anilines is 2. The van der Waals surface area contributed by atoms with E-state index in [1.807, 2.05) is 6.07 Å². The molecule has 0 aliphatic carbocycles. The van der Waals surface area contributed by atoms with Gasteiger partial charge in [0.05, 0.1) is 4.90 Å². The molecule has 146 valence electrons. The summed E-state index contributed by atoms with van der Waals surface area (Å²) in [6.07, 6.45) is 8.60. The molecule has 3 aromatic rings. The van der Waals surface area contributed by atoms with Crippen molar-refractivity contribution in [1.29, 1.82) is 0 Å². The van der Waals surface area contributed by atoms with E-state index < -0.39 is 16.1 Å². The van der Waals surface area contributed by atoms with Crippen LogP contribution in [0.4, 0.5) is 16.2 Å². The highest BCUT2D eigenvalue weighted by Crippen LogP contribution is 2.18. The van der Waals surface area contributed by atoms with Gasteiger partial charge in [0.25, 0.3) is 10.0 Å². The zero-order valence-corrected chi connectivity index (χ0v) is 16.1. The Hall–Kier alpha value is -3.83. The van der Waals surface area contributed by atoms with E-state index in [1.54, 1.807) is 42.7 Å². The molecule has 0 unspecified atom stereocenters. The van der Waals surface area contributed by atoms with Gasteiger partial charge in [-0.25, -0.2) is 13.2 Å². The molecule has 0 fully saturated rings. The Morgan fingerprint density at radius 3 is 2.31 bits per heavy atom. The average Bonchev–Trinajstić information content (AvgIpc) is 2.74. The monoisotopic (exact) mass is 406 g/mol. The normalized spacial score (nSPS) is 10.6. The molecule has 1 heterocycles. The van der Waals surface area contributed by atoms with Gasteiger partial charge >= 0.3 is 6.03 Å². The van der Waals surface area contributed by atoms with Crippen LogP contribution in [0.2, 0.25) is 0 Å². The fraction of sp³-hybridized carbons (Fsp3) is 0.0476.